The Morgan fingerprint density at radius 2 is 1.90 bits per heavy atom. The van der Waals surface area contributed by atoms with E-state index in [1.54, 1.807) is 0 Å². The Labute approximate surface area is 118 Å². The van der Waals surface area contributed by atoms with Crippen LogP contribution in [0.25, 0.3) is 11.1 Å². The molecule has 1 aliphatic heterocycles. The van der Waals surface area contributed by atoms with Gasteiger partial charge in [0.2, 0.25) is 0 Å². The minimum atomic E-state index is -0.282. The largest absolute Gasteiger partial charge is 0.391 e. The van der Waals surface area contributed by atoms with Crippen molar-refractivity contribution in [3.8, 4) is 17.2 Å². The molecule has 0 amide bonds. The van der Waals surface area contributed by atoms with E-state index in [9.17, 15) is 10.4 Å². The van der Waals surface area contributed by atoms with E-state index in [0.717, 1.165) is 29.8 Å². The molecule has 100 valence electrons. The van der Waals surface area contributed by atoms with Crippen molar-refractivity contribution in [3.63, 3.8) is 0 Å². The molecule has 1 fully saturated rings. The Morgan fingerprint density at radius 1 is 1.10 bits per heavy atom. The first-order chi connectivity index (χ1) is 9.78. The normalized spacial score (nSPS) is 18.0. The number of aliphatic hydroxyl groups is 1. The fraction of sp³-hybridized carbons (Fsp3) is 0.235. The summed E-state index contributed by atoms with van der Waals surface area (Å²) in [5.41, 5.74) is 3.74. The smallest absolute Gasteiger partial charge is 0.101 e. The van der Waals surface area contributed by atoms with Crippen LogP contribution in [0.5, 0.6) is 0 Å². The van der Waals surface area contributed by atoms with Gasteiger partial charge in [0.1, 0.15) is 6.07 Å². The van der Waals surface area contributed by atoms with Crippen LogP contribution < -0.4 is 4.90 Å². The maximum absolute atomic E-state index is 9.63. The summed E-state index contributed by atoms with van der Waals surface area (Å²) in [7, 11) is 0. The van der Waals surface area contributed by atoms with E-state index in [4.69, 9.17) is 0 Å². The molecule has 0 aromatic heterocycles. The molecular formula is C17H16N2O. The molecule has 3 rings (SSSR count). The predicted octanol–water partition coefficient (Wildman–Crippen LogP) is 2.80. The maximum Gasteiger partial charge on any atom is 0.101 e. The zero-order chi connectivity index (χ0) is 13.9. The lowest BCUT2D eigenvalue weighted by molar-refractivity contribution is 0.198. The number of nitrogens with zero attached hydrogens (tertiary/aromatic N) is 2. The second kappa shape index (κ2) is 5.36. The van der Waals surface area contributed by atoms with Crippen molar-refractivity contribution < 1.29 is 5.11 Å². The molecule has 3 nitrogen and oxygen atoms in total. The van der Waals surface area contributed by atoms with Gasteiger partial charge in [0.15, 0.2) is 0 Å². The fourth-order valence-corrected chi connectivity index (χ4v) is 2.67. The minimum Gasteiger partial charge on any atom is -0.391 e. The molecule has 0 aliphatic carbocycles. The molecule has 0 spiro atoms. The molecule has 0 bridgehead atoms. The van der Waals surface area contributed by atoms with Gasteiger partial charge in [-0.1, -0.05) is 36.4 Å². The van der Waals surface area contributed by atoms with E-state index in [1.807, 2.05) is 48.5 Å². The number of nitriles is 1. The van der Waals surface area contributed by atoms with Crippen LogP contribution in [0.15, 0.2) is 48.5 Å². The van der Waals surface area contributed by atoms with Crippen LogP contribution in [0.4, 0.5) is 5.69 Å². The van der Waals surface area contributed by atoms with Crippen molar-refractivity contribution in [2.75, 3.05) is 18.0 Å². The van der Waals surface area contributed by atoms with E-state index in [-0.39, 0.29) is 6.10 Å². The van der Waals surface area contributed by atoms with Crippen molar-refractivity contribution in [2.24, 2.45) is 0 Å². The lowest BCUT2D eigenvalue weighted by atomic mass is 10.0. The Balaban J connectivity index is 1.97. The standard InChI is InChI=1S/C17H16N2O/c18-11-15-10-14(13-4-2-1-3-5-13)6-7-17(15)19-9-8-16(20)12-19/h1-7,10,16,20H,8-9,12H2. The zero-order valence-electron chi connectivity index (χ0n) is 11.2. The number of aliphatic hydroxyl groups excluding tert-OH is 1. The third-order valence-corrected chi connectivity index (χ3v) is 3.73. The van der Waals surface area contributed by atoms with Crippen LogP contribution in [0.3, 0.4) is 0 Å². The highest BCUT2D eigenvalue weighted by molar-refractivity contribution is 5.71. The summed E-state index contributed by atoms with van der Waals surface area (Å²) in [5, 5.41) is 19.0. The summed E-state index contributed by atoms with van der Waals surface area (Å²) in [6.07, 6.45) is 0.487. The van der Waals surface area contributed by atoms with Crippen LogP contribution >= 0.6 is 0 Å². The summed E-state index contributed by atoms with van der Waals surface area (Å²) >= 11 is 0. The highest BCUT2D eigenvalue weighted by atomic mass is 16.3. The van der Waals surface area contributed by atoms with Crippen LogP contribution in [0.2, 0.25) is 0 Å². The topological polar surface area (TPSA) is 47.3 Å². The Hall–Kier alpha value is -2.31. The van der Waals surface area contributed by atoms with E-state index in [2.05, 4.69) is 11.0 Å². The van der Waals surface area contributed by atoms with Gasteiger partial charge in [0.25, 0.3) is 0 Å². The van der Waals surface area contributed by atoms with Crippen molar-refractivity contribution >= 4 is 5.69 Å². The average molecular weight is 264 g/mol. The van der Waals surface area contributed by atoms with Gasteiger partial charge in [-0.25, -0.2) is 0 Å². The molecule has 1 saturated heterocycles. The van der Waals surface area contributed by atoms with E-state index < -0.39 is 0 Å². The second-order valence-corrected chi connectivity index (χ2v) is 5.10. The van der Waals surface area contributed by atoms with Gasteiger partial charge in [-0.3, -0.25) is 0 Å². The summed E-state index contributed by atoms with van der Waals surface area (Å²) in [6.45, 7) is 1.42. The van der Waals surface area contributed by atoms with Gasteiger partial charge in [0.05, 0.1) is 17.4 Å². The molecule has 1 N–H and O–H groups in total. The third kappa shape index (κ3) is 2.38. The SMILES string of the molecule is N#Cc1cc(-c2ccccc2)ccc1N1CCC(O)C1. The van der Waals surface area contributed by atoms with Crippen molar-refractivity contribution in [1.82, 2.24) is 0 Å². The molecule has 2 aromatic rings. The third-order valence-electron chi connectivity index (χ3n) is 3.73. The summed E-state index contributed by atoms with van der Waals surface area (Å²) in [5.74, 6) is 0. The minimum absolute atomic E-state index is 0.282. The number of benzene rings is 2. The first-order valence-corrected chi connectivity index (χ1v) is 6.80. The molecule has 1 heterocycles. The van der Waals surface area contributed by atoms with E-state index in [0.29, 0.717) is 12.1 Å². The average Bonchev–Trinajstić information content (AvgIpc) is 2.94. The van der Waals surface area contributed by atoms with Crippen LogP contribution in [-0.2, 0) is 0 Å². The lowest BCUT2D eigenvalue weighted by Gasteiger charge is -2.19. The fourth-order valence-electron chi connectivity index (χ4n) is 2.67. The quantitative estimate of drug-likeness (QED) is 0.907. The van der Waals surface area contributed by atoms with Crippen LogP contribution in [-0.4, -0.2) is 24.3 Å². The first-order valence-electron chi connectivity index (χ1n) is 6.80. The Morgan fingerprint density at radius 3 is 2.55 bits per heavy atom. The van der Waals surface area contributed by atoms with E-state index >= 15 is 0 Å². The van der Waals surface area contributed by atoms with Crippen molar-refractivity contribution in [3.05, 3.63) is 54.1 Å². The molecule has 20 heavy (non-hydrogen) atoms. The molecule has 1 atom stereocenters. The van der Waals surface area contributed by atoms with Gasteiger partial charge in [-0.05, 0) is 29.7 Å². The van der Waals surface area contributed by atoms with Crippen LogP contribution in [0.1, 0.15) is 12.0 Å². The Bertz CT molecular complexity index is 646. The van der Waals surface area contributed by atoms with Crippen molar-refractivity contribution in [2.45, 2.75) is 12.5 Å². The van der Waals surface area contributed by atoms with E-state index in [1.165, 1.54) is 0 Å². The second-order valence-electron chi connectivity index (χ2n) is 5.10. The zero-order valence-corrected chi connectivity index (χ0v) is 11.2. The molecular weight excluding hydrogens is 248 g/mol. The molecule has 0 saturated carbocycles. The maximum atomic E-state index is 9.63. The van der Waals surface area contributed by atoms with Gasteiger partial charge < -0.3 is 10.0 Å². The first kappa shape index (κ1) is 12.7. The monoisotopic (exact) mass is 264 g/mol. The molecule has 1 aliphatic rings. The molecule has 3 heteroatoms. The molecule has 1 unspecified atom stereocenters. The van der Waals surface area contributed by atoms with Crippen molar-refractivity contribution in [1.29, 1.82) is 5.26 Å². The van der Waals surface area contributed by atoms with Crippen LogP contribution in [0, 0.1) is 11.3 Å². The summed E-state index contributed by atoms with van der Waals surface area (Å²) < 4.78 is 0. The number of hydrogen-bond donors (Lipinski definition) is 1. The van der Waals surface area contributed by atoms with Gasteiger partial charge in [-0.15, -0.1) is 0 Å². The summed E-state index contributed by atoms with van der Waals surface area (Å²) in [4.78, 5) is 2.08. The number of rotatable bonds is 2. The molecule has 0 radical (unpaired) electrons. The number of anilines is 1. The highest BCUT2D eigenvalue weighted by Crippen LogP contribution is 2.29. The number of β-amino-alcohol motifs (C(OH)–C–C–N with tert-alkyl or cyclic N) is 1. The van der Waals surface area contributed by atoms with Gasteiger partial charge in [-0.2, -0.15) is 5.26 Å². The highest BCUT2D eigenvalue weighted by Gasteiger charge is 2.22. The van der Waals surface area contributed by atoms with Gasteiger partial charge in [0, 0.05) is 13.1 Å². The predicted molar refractivity (Wildman–Crippen MR) is 79.4 cm³/mol. The summed E-state index contributed by atoms with van der Waals surface area (Å²) in [6, 6.07) is 18.3. The Kier molecular flexibility index (Phi) is 3.41. The lowest BCUT2D eigenvalue weighted by Crippen LogP contribution is -2.22. The molecule has 2 aromatic carbocycles. The number of hydrogen-bond acceptors (Lipinski definition) is 3. The van der Waals surface area contributed by atoms with Gasteiger partial charge >= 0.3 is 0 Å².